The second-order valence-electron chi connectivity index (χ2n) is 7.17. The van der Waals surface area contributed by atoms with Crippen molar-refractivity contribution in [1.29, 1.82) is 0 Å². The van der Waals surface area contributed by atoms with Crippen molar-refractivity contribution in [2.45, 2.75) is 24.8 Å². The quantitative estimate of drug-likeness (QED) is 0.171. The molecule has 34 heavy (non-hydrogen) atoms. The Bertz CT molecular complexity index is 1300. The second-order valence-corrected chi connectivity index (χ2v) is 9.71. The first-order chi connectivity index (χ1) is 16.0. The molecule has 3 rings (SSSR count). The summed E-state index contributed by atoms with van der Waals surface area (Å²) < 4.78 is 35.1. The number of nitro groups is 1. The smallest absolute Gasteiger partial charge is 0.339 e. The highest BCUT2D eigenvalue weighted by Gasteiger charge is 2.36. The lowest BCUT2D eigenvalue weighted by Crippen LogP contribution is -2.35. The summed E-state index contributed by atoms with van der Waals surface area (Å²) in [5.74, 6) is -1.52. The average molecular weight is 507 g/mol. The van der Waals surface area contributed by atoms with Crippen molar-refractivity contribution < 1.29 is 36.6 Å². The topological polar surface area (TPSA) is 150 Å². The summed E-state index contributed by atoms with van der Waals surface area (Å²) in [5, 5.41) is 10.3. The Kier molecular flexibility index (Phi) is 7.37. The number of nitro benzene ring substituents is 1. The summed E-state index contributed by atoms with van der Waals surface area (Å²) in [6, 6.07) is 10.1. The van der Waals surface area contributed by atoms with E-state index in [1.165, 1.54) is 30.3 Å². The van der Waals surface area contributed by atoms with Crippen molar-refractivity contribution >= 4 is 50.8 Å². The molecule has 1 aliphatic rings. The molecule has 0 unspecified atom stereocenters. The lowest BCUT2D eigenvalue weighted by atomic mass is 10.2. The van der Waals surface area contributed by atoms with Gasteiger partial charge >= 0.3 is 16.1 Å². The maximum Gasteiger partial charge on any atom is 0.339 e. The largest absolute Gasteiger partial charge is 0.462 e. The van der Waals surface area contributed by atoms with Crippen LogP contribution in [-0.4, -0.2) is 48.0 Å². The second kappa shape index (κ2) is 10.1. The zero-order valence-corrected chi connectivity index (χ0v) is 19.5. The number of non-ortho nitro benzene ring substituents is 1. The number of hydrogen-bond donors (Lipinski definition) is 0. The van der Waals surface area contributed by atoms with Gasteiger partial charge in [0.1, 0.15) is 17.2 Å². The van der Waals surface area contributed by atoms with E-state index in [4.69, 9.17) is 8.92 Å². The van der Waals surface area contributed by atoms with Gasteiger partial charge in [0.05, 0.1) is 15.9 Å². The minimum absolute atomic E-state index is 0.0287. The van der Waals surface area contributed by atoms with Gasteiger partial charge in [-0.05, 0) is 55.4 Å². The van der Waals surface area contributed by atoms with Gasteiger partial charge in [0, 0.05) is 12.1 Å². The van der Waals surface area contributed by atoms with E-state index in [2.05, 4.69) is 0 Å². The molecule has 0 bridgehead atoms. The van der Waals surface area contributed by atoms with E-state index in [0.29, 0.717) is 17.3 Å². The number of rotatable bonds is 8. The number of nitrogens with zero attached hydrogens (tertiary/aromatic N) is 2. The van der Waals surface area contributed by atoms with Crippen LogP contribution in [-0.2, 0) is 24.4 Å². The molecule has 0 radical (unpaired) electrons. The standard InChI is InChI=1S/C21H18N2O9S2/c1-13(2)31-19(24)12-22-20(25)18(33-21(22)26)10-14-5-3-7-16(9-14)32-34(29,30)17-8-4-6-15(11-17)23(27)28/h3-11,13H,12H2,1-2H3/b18-10-. The van der Waals surface area contributed by atoms with Gasteiger partial charge in [0.25, 0.3) is 16.8 Å². The van der Waals surface area contributed by atoms with Crippen LogP contribution in [0.5, 0.6) is 5.75 Å². The van der Waals surface area contributed by atoms with E-state index in [1.54, 1.807) is 19.9 Å². The number of carbonyl (C=O) groups excluding carboxylic acids is 3. The number of amides is 2. The Balaban J connectivity index is 1.78. The van der Waals surface area contributed by atoms with Crippen LogP contribution in [0.15, 0.2) is 58.3 Å². The molecule has 0 aromatic heterocycles. The molecule has 2 amide bonds. The first kappa shape index (κ1) is 24.9. The number of esters is 1. The molecule has 1 saturated heterocycles. The van der Waals surface area contributed by atoms with Crippen LogP contribution >= 0.6 is 11.8 Å². The van der Waals surface area contributed by atoms with Crippen molar-refractivity contribution in [3.8, 4) is 5.75 Å². The Labute approximate surface area is 198 Å². The van der Waals surface area contributed by atoms with E-state index in [-0.39, 0.29) is 10.7 Å². The molecule has 1 aliphatic heterocycles. The van der Waals surface area contributed by atoms with Crippen LogP contribution in [0.4, 0.5) is 10.5 Å². The van der Waals surface area contributed by atoms with Gasteiger partial charge in [-0.25, -0.2) is 0 Å². The predicted octanol–water partition coefficient (Wildman–Crippen LogP) is 3.35. The molecule has 1 heterocycles. The van der Waals surface area contributed by atoms with Gasteiger partial charge in [0.2, 0.25) is 0 Å². The molecule has 0 saturated carbocycles. The molecule has 2 aromatic rings. The molecular weight excluding hydrogens is 488 g/mol. The average Bonchev–Trinajstić information content (AvgIpc) is 3.00. The van der Waals surface area contributed by atoms with Gasteiger partial charge in [-0.2, -0.15) is 8.42 Å². The van der Waals surface area contributed by atoms with Crippen molar-refractivity contribution in [3.63, 3.8) is 0 Å². The summed E-state index contributed by atoms with van der Waals surface area (Å²) in [6.45, 7) is 2.75. The van der Waals surface area contributed by atoms with Crippen LogP contribution < -0.4 is 4.18 Å². The highest BCUT2D eigenvalue weighted by Crippen LogP contribution is 2.33. The highest BCUT2D eigenvalue weighted by atomic mass is 32.2. The lowest BCUT2D eigenvalue weighted by molar-refractivity contribution is -0.385. The number of imide groups is 1. The third kappa shape index (κ3) is 5.99. The fraction of sp³-hybridized carbons (Fsp3) is 0.190. The zero-order chi connectivity index (χ0) is 25.0. The fourth-order valence-electron chi connectivity index (χ4n) is 2.80. The highest BCUT2D eigenvalue weighted by molar-refractivity contribution is 8.18. The third-order valence-electron chi connectivity index (χ3n) is 4.21. The van der Waals surface area contributed by atoms with Crippen molar-refractivity contribution in [1.82, 2.24) is 4.90 Å². The van der Waals surface area contributed by atoms with Crippen LogP contribution in [0.3, 0.4) is 0 Å². The molecule has 0 atom stereocenters. The molecule has 0 aliphatic carbocycles. The molecular formula is C21H18N2O9S2. The van der Waals surface area contributed by atoms with Crippen LogP contribution in [0.25, 0.3) is 6.08 Å². The maximum absolute atomic E-state index is 12.6. The van der Waals surface area contributed by atoms with E-state index >= 15 is 0 Å². The van der Waals surface area contributed by atoms with Crippen molar-refractivity contribution in [3.05, 3.63) is 69.1 Å². The number of ether oxygens (including phenoxy) is 1. The van der Waals surface area contributed by atoms with Gasteiger partial charge in [-0.1, -0.05) is 18.2 Å². The van der Waals surface area contributed by atoms with Gasteiger partial charge < -0.3 is 8.92 Å². The van der Waals surface area contributed by atoms with E-state index in [9.17, 15) is 32.9 Å². The number of benzene rings is 2. The van der Waals surface area contributed by atoms with Crippen molar-refractivity contribution in [2.75, 3.05) is 6.54 Å². The number of carbonyl (C=O) groups is 3. The molecule has 178 valence electrons. The SMILES string of the molecule is CC(C)OC(=O)CN1C(=O)S/C(=C\c2cccc(OS(=O)(=O)c3cccc([N+](=O)[O-])c3)c2)C1=O. The Hall–Kier alpha value is -3.71. The monoisotopic (exact) mass is 506 g/mol. The van der Waals surface area contributed by atoms with E-state index in [0.717, 1.165) is 23.1 Å². The van der Waals surface area contributed by atoms with Crippen LogP contribution in [0.2, 0.25) is 0 Å². The Morgan fingerprint density at radius 2 is 1.88 bits per heavy atom. The van der Waals surface area contributed by atoms with Crippen molar-refractivity contribution in [2.24, 2.45) is 0 Å². The lowest BCUT2D eigenvalue weighted by Gasteiger charge is -2.13. The summed E-state index contributed by atoms with van der Waals surface area (Å²) in [4.78, 5) is 47.1. The summed E-state index contributed by atoms with van der Waals surface area (Å²) in [7, 11) is -4.38. The number of hydrogen-bond acceptors (Lipinski definition) is 10. The van der Waals surface area contributed by atoms with Gasteiger partial charge in [-0.15, -0.1) is 0 Å². The summed E-state index contributed by atoms with van der Waals surface area (Å²) in [5.41, 5.74) is -0.0616. The molecule has 0 spiro atoms. The normalized spacial score (nSPS) is 15.1. The predicted molar refractivity (Wildman–Crippen MR) is 121 cm³/mol. The van der Waals surface area contributed by atoms with E-state index in [1.807, 2.05) is 0 Å². The molecule has 2 aromatic carbocycles. The maximum atomic E-state index is 12.6. The Morgan fingerprint density at radius 1 is 1.18 bits per heavy atom. The van der Waals surface area contributed by atoms with Crippen LogP contribution in [0, 0.1) is 10.1 Å². The molecule has 13 heteroatoms. The molecule has 11 nitrogen and oxygen atoms in total. The molecule has 0 N–H and O–H groups in total. The zero-order valence-electron chi connectivity index (χ0n) is 17.9. The summed E-state index contributed by atoms with van der Waals surface area (Å²) >= 11 is 0.626. The third-order valence-corrected chi connectivity index (χ3v) is 6.36. The summed E-state index contributed by atoms with van der Waals surface area (Å²) in [6.07, 6.45) is 0.954. The van der Waals surface area contributed by atoms with E-state index < -0.39 is 55.4 Å². The van der Waals surface area contributed by atoms with Crippen LogP contribution in [0.1, 0.15) is 19.4 Å². The minimum Gasteiger partial charge on any atom is -0.462 e. The van der Waals surface area contributed by atoms with Gasteiger partial charge in [0.15, 0.2) is 0 Å². The first-order valence-corrected chi connectivity index (χ1v) is 11.9. The minimum atomic E-state index is -4.38. The van der Waals surface area contributed by atoms with Gasteiger partial charge in [-0.3, -0.25) is 29.4 Å². The first-order valence-electron chi connectivity index (χ1n) is 9.70. The Morgan fingerprint density at radius 3 is 2.56 bits per heavy atom. The molecule has 1 fully saturated rings. The number of thioether (sulfide) groups is 1. The fourth-order valence-corrected chi connectivity index (χ4v) is 4.60.